The average Bonchev–Trinajstić information content (AvgIpc) is 3.01. The van der Waals surface area contributed by atoms with Crippen molar-refractivity contribution in [2.45, 2.75) is 44.3 Å². The number of thiophene rings is 1. The van der Waals surface area contributed by atoms with E-state index in [-0.39, 0.29) is 6.42 Å². The molecule has 5 heteroatoms. The van der Waals surface area contributed by atoms with Gasteiger partial charge in [0, 0.05) is 34.9 Å². The predicted molar refractivity (Wildman–Crippen MR) is 75.5 cm³/mol. The number of aliphatic carboxylic acids is 1. The Bertz CT molecular complexity index is 460. The fraction of sp³-hybridized carbons (Fsp3) is 0.643. The largest absolute Gasteiger partial charge is 0.481 e. The minimum Gasteiger partial charge on any atom is -0.481 e. The van der Waals surface area contributed by atoms with Crippen molar-refractivity contribution in [3.8, 4) is 0 Å². The Balaban J connectivity index is 1.52. The molecular weight excluding hydrogens is 260 g/mol. The third-order valence-electron chi connectivity index (χ3n) is 4.19. The van der Waals surface area contributed by atoms with Gasteiger partial charge in [-0.15, -0.1) is 11.3 Å². The zero-order chi connectivity index (χ0) is 13.2. The van der Waals surface area contributed by atoms with Crippen LogP contribution in [0.4, 0.5) is 0 Å². The van der Waals surface area contributed by atoms with Crippen LogP contribution in [0.5, 0.6) is 0 Å². The summed E-state index contributed by atoms with van der Waals surface area (Å²) < 4.78 is 0. The second-order valence-corrected chi connectivity index (χ2v) is 6.71. The van der Waals surface area contributed by atoms with Crippen LogP contribution in [0, 0.1) is 0 Å². The molecule has 3 rings (SSSR count). The van der Waals surface area contributed by atoms with E-state index in [9.17, 15) is 4.79 Å². The van der Waals surface area contributed by atoms with Crippen LogP contribution in [0.25, 0.3) is 0 Å². The lowest BCUT2D eigenvalue weighted by atomic mass is 10.1. The van der Waals surface area contributed by atoms with Crippen molar-refractivity contribution < 1.29 is 9.90 Å². The van der Waals surface area contributed by atoms with Crippen molar-refractivity contribution in [3.63, 3.8) is 0 Å². The molecule has 2 unspecified atom stereocenters. The van der Waals surface area contributed by atoms with Crippen LogP contribution in [-0.4, -0.2) is 41.1 Å². The SMILES string of the molecule is O=C(O)Cc1ccc(CNC2CCN3CCCC23)s1. The zero-order valence-corrected chi connectivity index (χ0v) is 11.8. The third-order valence-corrected chi connectivity index (χ3v) is 5.27. The van der Waals surface area contributed by atoms with Gasteiger partial charge in [0.1, 0.15) is 0 Å². The average molecular weight is 280 g/mol. The van der Waals surface area contributed by atoms with Crippen molar-refractivity contribution >= 4 is 17.3 Å². The lowest BCUT2D eigenvalue weighted by Crippen LogP contribution is -2.38. The van der Waals surface area contributed by atoms with Crippen LogP contribution in [0.1, 0.15) is 29.0 Å². The van der Waals surface area contributed by atoms with Crippen LogP contribution >= 0.6 is 11.3 Å². The summed E-state index contributed by atoms with van der Waals surface area (Å²) in [5, 5.41) is 12.4. The number of nitrogens with one attached hydrogen (secondary N) is 1. The van der Waals surface area contributed by atoms with E-state index < -0.39 is 5.97 Å². The first-order valence-corrected chi connectivity index (χ1v) is 7.81. The van der Waals surface area contributed by atoms with E-state index in [1.165, 1.54) is 37.2 Å². The Kier molecular flexibility index (Phi) is 3.86. The molecule has 104 valence electrons. The highest BCUT2D eigenvalue weighted by Crippen LogP contribution is 2.28. The van der Waals surface area contributed by atoms with Crippen LogP contribution in [0.3, 0.4) is 0 Å². The van der Waals surface area contributed by atoms with Gasteiger partial charge in [0.15, 0.2) is 0 Å². The Morgan fingerprint density at radius 3 is 3.05 bits per heavy atom. The zero-order valence-electron chi connectivity index (χ0n) is 11.0. The summed E-state index contributed by atoms with van der Waals surface area (Å²) in [6, 6.07) is 5.34. The van der Waals surface area contributed by atoms with Gasteiger partial charge in [-0.25, -0.2) is 0 Å². The molecule has 0 aromatic carbocycles. The number of hydrogen-bond donors (Lipinski definition) is 2. The van der Waals surface area contributed by atoms with Gasteiger partial charge in [-0.05, 0) is 37.9 Å². The van der Waals surface area contributed by atoms with Gasteiger partial charge >= 0.3 is 5.97 Å². The van der Waals surface area contributed by atoms with Crippen molar-refractivity contribution in [1.29, 1.82) is 0 Å². The van der Waals surface area contributed by atoms with Gasteiger partial charge in [0.25, 0.3) is 0 Å². The summed E-state index contributed by atoms with van der Waals surface area (Å²) >= 11 is 1.61. The maximum Gasteiger partial charge on any atom is 0.308 e. The van der Waals surface area contributed by atoms with Crippen molar-refractivity contribution in [3.05, 3.63) is 21.9 Å². The number of carboxylic acids is 1. The Morgan fingerprint density at radius 2 is 2.21 bits per heavy atom. The topological polar surface area (TPSA) is 52.6 Å². The van der Waals surface area contributed by atoms with Crippen molar-refractivity contribution in [1.82, 2.24) is 10.2 Å². The number of carbonyl (C=O) groups is 1. The van der Waals surface area contributed by atoms with Gasteiger partial charge in [0.2, 0.25) is 0 Å². The van der Waals surface area contributed by atoms with E-state index in [0.717, 1.165) is 17.5 Å². The highest BCUT2D eigenvalue weighted by Gasteiger charge is 2.36. The molecule has 2 N–H and O–H groups in total. The molecule has 2 atom stereocenters. The first-order chi connectivity index (χ1) is 9.22. The molecule has 2 aliphatic heterocycles. The lowest BCUT2D eigenvalue weighted by molar-refractivity contribution is -0.136. The summed E-state index contributed by atoms with van der Waals surface area (Å²) in [7, 11) is 0. The predicted octanol–water partition coefficient (Wildman–Crippen LogP) is 1.70. The van der Waals surface area contributed by atoms with Gasteiger partial charge in [-0.3, -0.25) is 9.69 Å². The molecule has 0 bridgehead atoms. The minimum absolute atomic E-state index is 0.143. The minimum atomic E-state index is -0.751. The van der Waals surface area contributed by atoms with Crippen LogP contribution in [0.15, 0.2) is 12.1 Å². The van der Waals surface area contributed by atoms with Crippen LogP contribution in [-0.2, 0) is 17.8 Å². The first kappa shape index (κ1) is 13.1. The smallest absolute Gasteiger partial charge is 0.308 e. The number of hydrogen-bond acceptors (Lipinski definition) is 4. The molecule has 0 radical (unpaired) electrons. The normalized spacial score (nSPS) is 26.7. The van der Waals surface area contributed by atoms with Crippen molar-refractivity contribution in [2.24, 2.45) is 0 Å². The molecule has 0 aliphatic carbocycles. The molecule has 19 heavy (non-hydrogen) atoms. The molecule has 1 aromatic heterocycles. The Hall–Kier alpha value is -0.910. The summed E-state index contributed by atoms with van der Waals surface area (Å²) in [6.45, 7) is 3.38. The number of rotatable bonds is 5. The maximum atomic E-state index is 10.7. The second kappa shape index (κ2) is 5.61. The molecule has 2 aliphatic rings. The summed E-state index contributed by atoms with van der Waals surface area (Å²) in [4.78, 5) is 15.4. The summed E-state index contributed by atoms with van der Waals surface area (Å²) in [5.41, 5.74) is 0. The molecule has 2 fully saturated rings. The van der Waals surface area contributed by atoms with E-state index in [2.05, 4.69) is 16.3 Å². The standard InChI is InChI=1S/C14H20N2O2S/c17-14(18)8-10-3-4-11(19-10)9-15-12-5-7-16-6-1-2-13(12)16/h3-4,12-13,15H,1-2,5-9H2,(H,17,18). The molecule has 0 spiro atoms. The summed E-state index contributed by atoms with van der Waals surface area (Å²) in [5.74, 6) is -0.751. The third kappa shape index (κ3) is 2.99. The maximum absolute atomic E-state index is 10.7. The fourth-order valence-electron chi connectivity index (χ4n) is 3.31. The number of fused-ring (bicyclic) bond motifs is 1. The van der Waals surface area contributed by atoms with Gasteiger partial charge in [-0.1, -0.05) is 0 Å². The molecule has 1 aromatic rings. The van der Waals surface area contributed by atoms with E-state index in [1.807, 2.05) is 6.07 Å². The van der Waals surface area contributed by atoms with Gasteiger partial charge in [-0.2, -0.15) is 0 Å². The first-order valence-electron chi connectivity index (χ1n) is 6.99. The van der Waals surface area contributed by atoms with Gasteiger partial charge in [0.05, 0.1) is 6.42 Å². The fourth-order valence-corrected chi connectivity index (χ4v) is 4.27. The Labute approximate surface area is 117 Å². The Morgan fingerprint density at radius 1 is 1.37 bits per heavy atom. The highest BCUT2D eigenvalue weighted by atomic mass is 32.1. The van der Waals surface area contributed by atoms with E-state index in [4.69, 9.17) is 5.11 Å². The van der Waals surface area contributed by atoms with Crippen LogP contribution < -0.4 is 5.32 Å². The molecule has 2 saturated heterocycles. The number of nitrogens with zero attached hydrogens (tertiary/aromatic N) is 1. The lowest BCUT2D eigenvalue weighted by Gasteiger charge is -2.20. The van der Waals surface area contributed by atoms with E-state index in [1.54, 1.807) is 11.3 Å². The van der Waals surface area contributed by atoms with E-state index >= 15 is 0 Å². The van der Waals surface area contributed by atoms with Crippen molar-refractivity contribution in [2.75, 3.05) is 13.1 Å². The molecule has 0 amide bonds. The molecule has 4 nitrogen and oxygen atoms in total. The number of carboxylic acid groups (broad SMARTS) is 1. The van der Waals surface area contributed by atoms with Crippen LogP contribution in [0.2, 0.25) is 0 Å². The van der Waals surface area contributed by atoms with E-state index in [0.29, 0.717) is 6.04 Å². The molecule has 0 saturated carbocycles. The summed E-state index contributed by atoms with van der Waals surface area (Å²) in [6.07, 6.45) is 4.06. The van der Waals surface area contributed by atoms with Gasteiger partial charge < -0.3 is 10.4 Å². The highest BCUT2D eigenvalue weighted by molar-refractivity contribution is 7.12. The monoisotopic (exact) mass is 280 g/mol. The quantitative estimate of drug-likeness (QED) is 0.862. The second-order valence-electron chi connectivity index (χ2n) is 5.46. The molecule has 3 heterocycles. The molecular formula is C14H20N2O2S.